The van der Waals surface area contributed by atoms with Crippen LogP contribution in [0.3, 0.4) is 0 Å². The van der Waals surface area contributed by atoms with Gasteiger partial charge in [0.1, 0.15) is 0 Å². The highest BCUT2D eigenvalue weighted by Crippen LogP contribution is 2.18. The van der Waals surface area contributed by atoms with Crippen molar-refractivity contribution in [3.8, 4) is 0 Å². The van der Waals surface area contributed by atoms with E-state index in [-0.39, 0.29) is 5.91 Å². The molecule has 4 nitrogen and oxygen atoms in total. The van der Waals surface area contributed by atoms with Crippen molar-refractivity contribution in [2.45, 2.75) is 39.2 Å². The van der Waals surface area contributed by atoms with Crippen molar-refractivity contribution in [3.63, 3.8) is 0 Å². The predicted octanol–water partition coefficient (Wildman–Crippen LogP) is 2.64. The van der Waals surface area contributed by atoms with Crippen LogP contribution in [0.2, 0.25) is 0 Å². The first-order chi connectivity index (χ1) is 10.1. The average molecular weight is 289 g/mol. The quantitative estimate of drug-likeness (QED) is 0.876. The molecule has 0 saturated carbocycles. The first-order valence-electron chi connectivity index (χ1n) is 7.95. The van der Waals surface area contributed by atoms with Gasteiger partial charge in [0.25, 0.3) is 5.91 Å². The van der Waals surface area contributed by atoms with Crippen LogP contribution in [0.1, 0.15) is 42.1 Å². The Morgan fingerprint density at radius 3 is 2.67 bits per heavy atom. The number of piperidine rings is 1. The summed E-state index contributed by atoms with van der Waals surface area (Å²) in [6.07, 6.45) is 3.30. The molecule has 0 atom stereocenters. The first-order valence-corrected chi connectivity index (χ1v) is 7.95. The van der Waals surface area contributed by atoms with Gasteiger partial charge in [0, 0.05) is 31.9 Å². The fourth-order valence-electron chi connectivity index (χ4n) is 2.94. The highest BCUT2D eigenvalue weighted by molar-refractivity contribution is 6.00. The molecule has 0 unspecified atom stereocenters. The molecule has 1 aromatic rings. The number of amides is 1. The summed E-state index contributed by atoms with van der Waals surface area (Å²) >= 11 is 0. The number of benzene rings is 1. The molecule has 0 bridgehead atoms. The van der Waals surface area contributed by atoms with E-state index in [4.69, 9.17) is 0 Å². The molecule has 2 N–H and O–H groups in total. The molecule has 116 valence electrons. The molecule has 1 aliphatic rings. The largest absolute Gasteiger partial charge is 0.387 e. The van der Waals surface area contributed by atoms with Gasteiger partial charge in [-0.15, -0.1) is 0 Å². The Morgan fingerprint density at radius 1 is 1.33 bits per heavy atom. The SMILES string of the molecule is CCCN1CCC(NC(=O)c2cc(C)ccc2NC)CC1. The normalized spacial score (nSPS) is 16.7. The maximum Gasteiger partial charge on any atom is 0.253 e. The van der Waals surface area contributed by atoms with E-state index < -0.39 is 0 Å². The lowest BCUT2D eigenvalue weighted by Crippen LogP contribution is -2.44. The first kappa shape index (κ1) is 15.8. The summed E-state index contributed by atoms with van der Waals surface area (Å²) in [6, 6.07) is 6.24. The van der Waals surface area contributed by atoms with Crippen LogP contribution in [-0.4, -0.2) is 43.5 Å². The van der Waals surface area contributed by atoms with Crippen molar-refractivity contribution < 1.29 is 4.79 Å². The molecule has 1 saturated heterocycles. The zero-order valence-electron chi connectivity index (χ0n) is 13.4. The summed E-state index contributed by atoms with van der Waals surface area (Å²) in [5, 5.41) is 6.29. The smallest absolute Gasteiger partial charge is 0.253 e. The van der Waals surface area contributed by atoms with Crippen LogP contribution in [0, 0.1) is 6.92 Å². The number of nitrogens with zero attached hydrogens (tertiary/aromatic N) is 1. The van der Waals surface area contributed by atoms with Crippen LogP contribution in [0.4, 0.5) is 5.69 Å². The van der Waals surface area contributed by atoms with Gasteiger partial charge in [0.2, 0.25) is 0 Å². The Bertz CT molecular complexity index is 479. The molecule has 0 radical (unpaired) electrons. The number of nitrogens with one attached hydrogen (secondary N) is 2. The molecule has 21 heavy (non-hydrogen) atoms. The summed E-state index contributed by atoms with van der Waals surface area (Å²) in [7, 11) is 1.85. The van der Waals surface area contributed by atoms with Gasteiger partial charge in [0.15, 0.2) is 0 Å². The van der Waals surface area contributed by atoms with E-state index >= 15 is 0 Å². The fourth-order valence-corrected chi connectivity index (χ4v) is 2.94. The number of carbonyl (C=O) groups is 1. The van der Waals surface area contributed by atoms with Gasteiger partial charge in [-0.05, 0) is 44.9 Å². The second kappa shape index (κ2) is 7.46. The minimum atomic E-state index is 0.0389. The van der Waals surface area contributed by atoms with Crippen LogP contribution in [0.25, 0.3) is 0 Å². The number of aryl methyl sites for hydroxylation is 1. The van der Waals surface area contributed by atoms with Crippen molar-refractivity contribution in [1.82, 2.24) is 10.2 Å². The minimum absolute atomic E-state index is 0.0389. The number of rotatable bonds is 5. The Balaban J connectivity index is 1.95. The van der Waals surface area contributed by atoms with E-state index in [1.54, 1.807) is 0 Å². The van der Waals surface area contributed by atoms with Crippen LogP contribution in [0.15, 0.2) is 18.2 Å². The molecule has 2 rings (SSSR count). The molecule has 1 amide bonds. The van der Waals surface area contributed by atoms with Gasteiger partial charge in [-0.2, -0.15) is 0 Å². The molecule has 0 aliphatic carbocycles. The Kier molecular flexibility index (Phi) is 5.62. The third kappa shape index (κ3) is 4.21. The molecule has 1 aliphatic heterocycles. The Morgan fingerprint density at radius 2 is 2.05 bits per heavy atom. The number of likely N-dealkylation sites (tertiary alicyclic amines) is 1. The summed E-state index contributed by atoms with van der Waals surface area (Å²) in [5.41, 5.74) is 2.74. The molecular weight excluding hydrogens is 262 g/mol. The van der Waals surface area contributed by atoms with Crippen molar-refractivity contribution in [3.05, 3.63) is 29.3 Å². The fraction of sp³-hybridized carbons (Fsp3) is 0.588. The van der Waals surface area contributed by atoms with Crippen molar-refractivity contribution in [1.29, 1.82) is 0 Å². The second-order valence-corrected chi connectivity index (χ2v) is 5.89. The maximum atomic E-state index is 12.5. The highest BCUT2D eigenvalue weighted by Gasteiger charge is 2.21. The number of carbonyl (C=O) groups excluding carboxylic acids is 1. The van der Waals surface area contributed by atoms with Crippen LogP contribution < -0.4 is 10.6 Å². The third-order valence-corrected chi connectivity index (χ3v) is 4.15. The predicted molar refractivity (Wildman–Crippen MR) is 87.9 cm³/mol. The van der Waals surface area contributed by atoms with Crippen molar-refractivity contribution >= 4 is 11.6 Å². The topological polar surface area (TPSA) is 44.4 Å². The van der Waals surface area contributed by atoms with Gasteiger partial charge in [-0.1, -0.05) is 18.6 Å². The highest BCUT2D eigenvalue weighted by atomic mass is 16.1. The third-order valence-electron chi connectivity index (χ3n) is 4.15. The second-order valence-electron chi connectivity index (χ2n) is 5.89. The van der Waals surface area contributed by atoms with Gasteiger partial charge >= 0.3 is 0 Å². The van der Waals surface area contributed by atoms with Crippen molar-refractivity contribution in [2.24, 2.45) is 0 Å². The lowest BCUT2D eigenvalue weighted by Gasteiger charge is -2.32. The van der Waals surface area contributed by atoms with Crippen LogP contribution in [-0.2, 0) is 0 Å². The standard InChI is InChI=1S/C17H27N3O/c1-4-9-20-10-7-14(8-11-20)19-17(21)15-12-13(2)5-6-16(15)18-3/h5-6,12,14,18H,4,7-11H2,1-3H3,(H,19,21). The monoisotopic (exact) mass is 289 g/mol. The van der Waals surface area contributed by atoms with E-state index in [0.29, 0.717) is 6.04 Å². The molecule has 1 fully saturated rings. The minimum Gasteiger partial charge on any atom is -0.387 e. The zero-order valence-corrected chi connectivity index (χ0v) is 13.4. The van der Waals surface area contributed by atoms with E-state index in [1.165, 1.54) is 13.0 Å². The number of hydrogen-bond donors (Lipinski definition) is 2. The lowest BCUT2D eigenvalue weighted by molar-refractivity contribution is 0.0912. The number of anilines is 1. The summed E-state index contributed by atoms with van der Waals surface area (Å²) < 4.78 is 0. The van der Waals surface area contributed by atoms with E-state index in [2.05, 4.69) is 22.5 Å². The molecule has 1 aromatic carbocycles. The average Bonchev–Trinajstić information content (AvgIpc) is 2.49. The summed E-state index contributed by atoms with van der Waals surface area (Å²) in [4.78, 5) is 15.0. The van der Waals surface area contributed by atoms with Gasteiger partial charge in [0.05, 0.1) is 5.56 Å². The number of hydrogen-bond acceptors (Lipinski definition) is 3. The summed E-state index contributed by atoms with van der Waals surface area (Å²) in [6.45, 7) is 7.57. The van der Waals surface area contributed by atoms with E-state index in [0.717, 1.165) is 42.7 Å². The summed E-state index contributed by atoms with van der Waals surface area (Å²) in [5.74, 6) is 0.0389. The lowest BCUT2D eigenvalue weighted by atomic mass is 10.0. The van der Waals surface area contributed by atoms with Crippen molar-refractivity contribution in [2.75, 3.05) is 32.0 Å². The van der Waals surface area contributed by atoms with E-state index in [9.17, 15) is 4.79 Å². The zero-order chi connectivity index (χ0) is 15.2. The van der Waals surface area contributed by atoms with Gasteiger partial charge in [-0.3, -0.25) is 4.79 Å². The van der Waals surface area contributed by atoms with Gasteiger partial charge in [-0.25, -0.2) is 0 Å². The molecule has 4 heteroatoms. The van der Waals surface area contributed by atoms with Crippen LogP contribution in [0.5, 0.6) is 0 Å². The molecular formula is C17H27N3O. The molecule has 0 spiro atoms. The van der Waals surface area contributed by atoms with Gasteiger partial charge < -0.3 is 15.5 Å². The maximum absolute atomic E-state index is 12.5. The molecule has 1 heterocycles. The van der Waals surface area contributed by atoms with Crippen LogP contribution >= 0.6 is 0 Å². The Hall–Kier alpha value is -1.55. The van der Waals surface area contributed by atoms with E-state index in [1.807, 2.05) is 32.2 Å². The Labute approximate surface area is 127 Å². The molecule has 0 aromatic heterocycles.